The van der Waals surface area contributed by atoms with E-state index in [0.717, 1.165) is 5.56 Å². The van der Waals surface area contributed by atoms with Crippen molar-refractivity contribution in [3.8, 4) is 0 Å². The van der Waals surface area contributed by atoms with Gasteiger partial charge in [0, 0.05) is 6.54 Å². The van der Waals surface area contributed by atoms with E-state index < -0.39 is 10.0 Å². The van der Waals surface area contributed by atoms with E-state index in [1.54, 1.807) is 12.1 Å². The van der Waals surface area contributed by atoms with Gasteiger partial charge in [-0.1, -0.05) is 12.1 Å². The molecule has 0 heterocycles. The van der Waals surface area contributed by atoms with Crippen molar-refractivity contribution in [2.24, 2.45) is 0 Å². The average Bonchev–Trinajstić information content (AvgIpc) is 2.48. The Balaban J connectivity index is 2.20. The van der Waals surface area contributed by atoms with Crippen LogP contribution in [0.1, 0.15) is 5.56 Å². The van der Waals surface area contributed by atoms with Crippen molar-refractivity contribution in [2.45, 2.75) is 11.4 Å². The molecule has 0 aliphatic carbocycles. The number of nitrogen functional groups attached to an aromatic ring is 1. The SMILES string of the molecule is CNS(=O)(=O)c1ccc(N)c(NCc2ccc(F)cc2)c1. The summed E-state index contributed by atoms with van der Waals surface area (Å²) in [5.41, 5.74) is 7.63. The molecule has 0 saturated heterocycles. The predicted octanol–water partition coefficient (Wildman–Crippen LogP) is 1.93. The number of anilines is 2. The van der Waals surface area contributed by atoms with Crippen LogP contribution in [0.15, 0.2) is 47.4 Å². The maximum absolute atomic E-state index is 12.8. The van der Waals surface area contributed by atoms with Crippen molar-refractivity contribution in [3.05, 3.63) is 53.8 Å². The van der Waals surface area contributed by atoms with Crippen molar-refractivity contribution in [3.63, 3.8) is 0 Å². The van der Waals surface area contributed by atoms with E-state index in [1.165, 1.54) is 37.4 Å². The fourth-order valence-electron chi connectivity index (χ4n) is 1.77. The highest BCUT2D eigenvalue weighted by Gasteiger charge is 2.13. The molecule has 4 N–H and O–H groups in total. The van der Waals surface area contributed by atoms with E-state index in [2.05, 4.69) is 10.0 Å². The first-order valence-electron chi connectivity index (χ1n) is 6.24. The van der Waals surface area contributed by atoms with E-state index >= 15 is 0 Å². The Kier molecular flexibility index (Phi) is 4.44. The molecule has 5 nitrogen and oxygen atoms in total. The van der Waals surface area contributed by atoms with Gasteiger partial charge in [0.25, 0.3) is 0 Å². The lowest BCUT2D eigenvalue weighted by Crippen LogP contribution is -2.18. The lowest BCUT2D eigenvalue weighted by Gasteiger charge is -2.11. The van der Waals surface area contributed by atoms with Crippen molar-refractivity contribution >= 4 is 21.4 Å². The molecule has 2 rings (SSSR count). The smallest absolute Gasteiger partial charge is 0.240 e. The van der Waals surface area contributed by atoms with Crippen LogP contribution in [-0.2, 0) is 16.6 Å². The van der Waals surface area contributed by atoms with Crippen LogP contribution in [0.2, 0.25) is 0 Å². The van der Waals surface area contributed by atoms with Gasteiger partial charge in [-0.3, -0.25) is 0 Å². The van der Waals surface area contributed by atoms with Crippen LogP contribution in [0.25, 0.3) is 0 Å². The number of sulfonamides is 1. The topological polar surface area (TPSA) is 84.2 Å². The molecule has 0 radical (unpaired) electrons. The number of rotatable bonds is 5. The van der Waals surface area contributed by atoms with Crippen LogP contribution in [0, 0.1) is 5.82 Å². The summed E-state index contributed by atoms with van der Waals surface area (Å²) in [5, 5.41) is 3.05. The van der Waals surface area contributed by atoms with Crippen LogP contribution >= 0.6 is 0 Å². The first-order valence-corrected chi connectivity index (χ1v) is 7.72. The van der Waals surface area contributed by atoms with Crippen molar-refractivity contribution < 1.29 is 12.8 Å². The van der Waals surface area contributed by atoms with Crippen LogP contribution in [-0.4, -0.2) is 15.5 Å². The molecule has 21 heavy (non-hydrogen) atoms. The zero-order valence-corrected chi connectivity index (χ0v) is 12.2. The van der Waals surface area contributed by atoms with E-state index in [1.807, 2.05) is 0 Å². The molecule has 2 aromatic carbocycles. The summed E-state index contributed by atoms with van der Waals surface area (Å²) in [5.74, 6) is -0.305. The molecule has 0 atom stereocenters. The molecule has 2 aromatic rings. The third-order valence-corrected chi connectivity index (χ3v) is 4.41. The van der Waals surface area contributed by atoms with Gasteiger partial charge in [0.15, 0.2) is 0 Å². The Morgan fingerprint density at radius 1 is 1.14 bits per heavy atom. The second-order valence-corrected chi connectivity index (χ2v) is 6.32. The highest BCUT2D eigenvalue weighted by molar-refractivity contribution is 7.89. The van der Waals surface area contributed by atoms with E-state index in [-0.39, 0.29) is 10.7 Å². The Hall–Kier alpha value is -2.12. The fourth-order valence-corrected chi connectivity index (χ4v) is 2.53. The third kappa shape index (κ3) is 3.71. The predicted molar refractivity (Wildman–Crippen MR) is 80.8 cm³/mol. The quantitative estimate of drug-likeness (QED) is 0.737. The van der Waals surface area contributed by atoms with Crippen LogP contribution in [0.5, 0.6) is 0 Å². The summed E-state index contributed by atoms with van der Waals surface area (Å²) in [6.07, 6.45) is 0. The first kappa shape index (κ1) is 15.3. The summed E-state index contributed by atoms with van der Waals surface area (Å²) < 4.78 is 38.6. The largest absolute Gasteiger partial charge is 0.397 e. The molecule has 0 spiro atoms. The van der Waals surface area contributed by atoms with Crippen molar-refractivity contribution in [1.29, 1.82) is 0 Å². The van der Waals surface area contributed by atoms with Crippen molar-refractivity contribution in [1.82, 2.24) is 4.72 Å². The summed E-state index contributed by atoms with van der Waals surface area (Å²) in [4.78, 5) is 0.126. The standard InChI is InChI=1S/C14H16FN3O2S/c1-17-21(19,20)12-6-7-13(16)14(8-12)18-9-10-2-4-11(15)5-3-10/h2-8,17-18H,9,16H2,1H3. The third-order valence-electron chi connectivity index (χ3n) is 3.00. The molecule has 7 heteroatoms. The molecule has 0 fully saturated rings. The van der Waals surface area contributed by atoms with Gasteiger partial charge >= 0.3 is 0 Å². The number of nitrogens with two attached hydrogens (primary N) is 1. The summed E-state index contributed by atoms with van der Waals surface area (Å²) in [7, 11) is -2.18. The van der Waals surface area contributed by atoms with Gasteiger partial charge in [0.05, 0.1) is 16.3 Å². The maximum Gasteiger partial charge on any atom is 0.240 e. The summed E-state index contributed by atoms with van der Waals surface area (Å²) in [6, 6.07) is 10.4. The molecular weight excluding hydrogens is 293 g/mol. The lowest BCUT2D eigenvalue weighted by atomic mass is 10.2. The molecule has 0 amide bonds. The zero-order chi connectivity index (χ0) is 15.5. The van der Waals surface area contributed by atoms with E-state index in [4.69, 9.17) is 5.73 Å². The number of hydrogen-bond acceptors (Lipinski definition) is 4. The Bertz CT molecular complexity index is 730. The minimum atomic E-state index is -3.52. The second kappa shape index (κ2) is 6.11. The Morgan fingerprint density at radius 2 is 1.81 bits per heavy atom. The summed E-state index contributed by atoms with van der Waals surface area (Å²) >= 11 is 0. The normalized spacial score (nSPS) is 11.3. The molecule has 0 unspecified atom stereocenters. The number of nitrogens with one attached hydrogen (secondary N) is 2. The molecule has 0 saturated carbocycles. The molecule has 112 valence electrons. The average molecular weight is 309 g/mol. The Labute approximate surface area is 123 Å². The van der Waals surface area contributed by atoms with Gasteiger partial charge in [-0.2, -0.15) is 0 Å². The zero-order valence-electron chi connectivity index (χ0n) is 11.4. The van der Waals surface area contributed by atoms with E-state index in [0.29, 0.717) is 17.9 Å². The highest BCUT2D eigenvalue weighted by Crippen LogP contribution is 2.23. The minimum Gasteiger partial charge on any atom is -0.397 e. The molecular formula is C14H16FN3O2S. The first-order chi connectivity index (χ1) is 9.92. The number of benzene rings is 2. The van der Waals surface area contributed by atoms with Crippen LogP contribution in [0.3, 0.4) is 0 Å². The highest BCUT2D eigenvalue weighted by atomic mass is 32.2. The maximum atomic E-state index is 12.8. The number of hydrogen-bond donors (Lipinski definition) is 3. The van der Waals surface area contributed by atoms with Crippen molar-refractivity contribution in [2.75, 3.05) is 18.1 Å². The Morgan fingerprint density at radius 3 is 2.43 bits per heavy atom. The van der Waals surface area contributed by atoms with Gasteiger partial charge < -0.3 is 11.1 Å². The summed E-state index contributed by atoms with van der Waals surface area (Å²) in [6.45, 7) is 0.410. The van der Waals surface area contributed by atoms with Gasteiger partial charge in [-0.15, -0.1) is 0 Å². The second-order valence-electron chi connectivity index (χ2n) is 4.44. The molecule has 0 bridgehead atoms. The molecule has 0 aliphatic heterocycles. The van der Waals surface area contributed by atoms with Gasteiger partial charge in [-0.25, -0.2) is 17.5 Å². The monoisotopic (exact) mass is 309 g/mol. The fraction of sp³-hybridized carbons (Fsp3) is 0.143. The van der Waals surface area contributed by atoms with Gasteiger partial charge in [0.1, 0.15) is 5.82 Å². The minimum absolute atomic E-state index is 0.126. The molecule has 0 aliphatic rings. The number of halogens is 1. The lowest BCUT2D eigenvalue weighted by molar-refractivity contribution is 0.588. The van der Waals surface area contributed by atoms with Gasteiger partial charge in [-0.05, 0) is 42.9 Å². The van der Waals surface area contributed by atoms with Crippen LogP contribution < -0.4 is 15.8 Å². The van der Waals surface area contributed by atoms with Gasteiger partial charge in [0.2, 0.25) is 10.0 Å². The molecule has 0 aromatic heterocycles. The van der Waals surface area contributed by atoms with E-state index in [9.17, 15) is 12.8 Å². The van der Waals surface area contributed by atoms with Crippen LogP contribution in [0.4, 0.5) is 15.8 Å².